The number of fused-ring (bicyclic) bond motifs is 1. The molecule has 3 rings (SSSR count). The topological polar surface area (TPSA) is 42.4 Å². The van der Waals surface area contributed by atoms with Crippen LogP contribution in [0.15, 0.2) is 34.9 Å². The van der Waals surface area contributed by atoms with Gasteiger partial charge >= 0.3 is 0 Å². The number of hydrogen-bond acceptors (Lipinski definition) is 3. The van der Waals surface area contributed by atoms with Crippen LogP contribution in [0.1, 0.15) is 21.6 Å². The molecule has 23 heavy (non-hydrogen) atoms. The number of nitrogens with zero attached hydrogens (tertiary/aromatic N) is 2. The number of pyridine rings is 1. The maximum absolute atomic E-state index is 14.3. The lowest BCUT2D eigenvalue weighted by atomic mass is 9.59. The maximum atomic E-state index is 14.3. The second kappa shape index (κ2) is 5.67. The van der Waals surface area contributed by atoms with E-state index in [9.17, 15) is 9.18 Å². The molecule has 0 saturated carbocycles. The number of carbonyl (C=O) groups is 1. The SMILES string of the molecule is [B]C1([B])c2ncccc2C(=O)N1Cc1c(F)cc(Br)cc1OC. The van der Waals surface area contributed by atoms with Gasteiger partial charge in [0.2, 0.25) is 0 Å². The molecule has 0 aliphatic carbocycles. The van der Waals surface area contributed by atoms with E-state index in [-0.39, 0.29) is 17.8 Å². The minimum absolute atomic E-state index is 0.134. The summed E-state index contributed by atoms with van der Waals surface area (Å²) >= 11 is 3.20. The van der Waals surface area contributed by atoms with Crippen molar-refractivity contribution in [1.82, 2.24) is 9.88 Å². The number of carbonyl (C=O) groups excluding carboxylic acids is 1. The van der Waals surface area contributed by atoms with Crippen LogP contribution in [0.25, 0.3) is 0 Å². The lowest BCUT2D eigenvalue weighted by Crippen LogP contribution is -2.44. The van der Waals surface area contributed by atoms with Gasteiger partial charge in [0.1, 0.15) is 11.6 Å². The van der Waals surface area contributed by atoms with Gasteiger partial charge in [0.15, 0.2) is 0 Å². The zero-order valence-corrected chi connectivity index (χ0v) is 13.8. The fraction of sp³-hybridized carbons (Fsp3) is 0.200. The van der Waals surface area contributed by atoms with E-state index in [1.165, 1.54) is 24.3 Å². The van der Waals surface area contributed by atoms with Crippen molar-refractivity contribution in [2.75, 3.05) is 7.11 Å². The third kappa shape index (κ3) is 2.55. The molecular weight excluding hydrogens is 361 g/mol. The molecule has 0 fully saturated rings. The number of halogens is 2. The van der Waals surface area contributed by atoms with E-state index in [0.717, 1.165) is 0 Å². The van der Waals surface area contributed by atoms with Crippen molar-refractivity contribution in [3.63, 3.8) is 0 Å². The summed E-state index contributed by atoms with van der Waals surface area (Å²) in [6, 6.07) is 6.11. The van der Waals surface area contributed by atoms with E-state index in [1.807, 2.05) is 0 Å². The monoisotopic (exact) mass is 370 g/mol. The molecule has 1 aromatic heterocycles. The van der Waals surface area contributed by atoms with E-state index < -0.39 is 17.1 Å². The molecule has 2 heterocycles. The van der Waals surface area contributed by atoms with Crippen molar-refractivity contribution in [3.05, 3.63) is 57.6 Å². The molecule has 8 heteroatoms. The van der Waals surface area contributed by atoms with Crippen LogP contribution in [0.3, 0.4) is 0 Å². The summed E-state index contributed by atoms with van der Waals surface area (Å²) in [6.45, 7) is -0.134. The van der Waals surface area contributed by atoms with Crippen molar-refractivity contribution in [2.45, 2.75) is 11.9 Å². The first-order valence-electron chi connectivity index (χ1n) is 6.73. The number of hydrogen-bond donors (Lipinski definition) is 0. The molecular formula is C15H10B2BrFN2O2. The first-order chi connectivity index (χ1) is 10.9. The van der Waals surface area contributed by atoms with Gasteiger partial charge < -0.3 is 9.64 Å². The molecule has 2 aromatic rings. The summed E-state index contributed by atoms with van der Waals surface area (Å²) in [5, 5.41) is -1.61. The highest BCUT2D eigenvalue weighted by molar-refractivity contribution is 9.10. The highest BCUT2D eigenvalue weighted by Crippen LogP contribution is 2.36. The van der Waals surface area contributed by atoms with Crippen LogP contribution < -0.4 is 4.74 Å². The molecule has 0 bridgehead atoms. The minimum Gasteiger partial charge on any atom is -0.496 e. The van der Waals surface area contributed by atoms with Gasteiger partial charge in [0.05, 0.1) is 40.6 Å². The predicted molar refractivity (Wildman–Crippen MR) is 87.9 cm³/mol. The van der Waals surface area contributed by atoms with Gasteiger partial charge in [-0.2, -0.15) is 0 Å². The molecule has 0 unspecified atom stereocenters. The molecule has 4 radical (unpaired) electrons. The van der Waals surface area contributed by atoms with E-state index in [0.29, 0.717) is 15.8 Å². The number of amides is 1. The number of methoxy groups -OCH3 is 1. The van der Waals surface area contributed by atoms with Gasteiger partial charge in [-0.1, -0.05) is 15.9 Å². The van der Waals surface area contributed by atoms with Gasteiger partial charge in [0.25, 0.3) is 5.91 Å². The third-order valence-electron chi connectivity index (χ3n) is 3.76. The number of ether oxygens (including phenoxy) is 1. The van der Waals surface area contributed by atoms with Crippen LogP contribution in [0.4, 0.5) is 4.39 Å². The summed E-state index contributed by atoms with van der Waals surface area (Å²) in [6.07, 6.45) is 1.50. The van der Waals surface area contributed by atoms with Crippen LogP contribution in [0.5, 0.6) is 5.75 Å². The molecule has 0 atom stereocenters. The molecule has 0 N–H and O–H groups in total. The summed E-state index contributed by atoms with van der Waals surface area (Å²) in [4.78, 5) is 17.8. The van der Waals surface area contributed by atoms with E-state index in [1.54, 1.807) is 18.2 Å². The van der Waals surface area contributed by atoms with Crippen molar-refractivity contribution in [2.24, 2.45) is 0 Å². The molecule has 0 spiro atoms. The smallest absolute Gasteiger partial charge is 0.255 e. The third-order valence-corrected chi connectivity index (χ3v) is 4.22. The van der Waals surface area contributed by atoms with Gasteiger partial charge in [-0.3, -0.25) is 9.78 Å². The van der Waals surface area contributed by atoms with Crippen LogP contribution in [0, 0.1) is 5.82 Å². The normalized spacial score (nSPS) is 15.6. The van der Waals surface area contributed by atoms with Crippen LogP contribution >= 0.6 is 15.9 Å². The summed E-state index contributed by atoms with van der Waals surface area (Å²) < 4.78 is 20.0. The molecule has 112 valence electrons. The Bertz CT molecular complexity index is 801. The first kappa shape index (κ1) is 16.1. The standard InChI is InChI=1S/C15H10B2BrFN2O2/c1-23-12-6-8(18)5-11(19)10(12)7-21-14(22)9-3-2-4-20-13(9)15(21,16)17/h2-6H,7H2,1H3. The number of rotatable bonds is 3. The minimum atomic E-state index is -1.61. The average molecular weight is 371 g/mol. The molecule has 1 aromatic carbocycles. The highest BCUT2D eigenvalue weighted by atomic mass is 79.9. The van der Waals surface area contributed by atoms with Crippen molar-refractivity contribution in [1.29, 1.82) is 0 Å². The Balaban J connectivity index is 2.04. The first-order valence-corrected chi connectivity index (χ1v) is 7.52. The second-order valence-corrected chi connectivity index (χ2v) is 6.10. The van der Waals surface area contributed by atoms with Crippen LogP contribution in [-0.4, -0.2) is 38.6 Å². The van der Waals surface area contributed by atoms with Crippen molar-refractivity contribution < 1.29 is 13.9 Å². The molecule has 4 nitrogen and oxygen atoms in total. The lowest BCUT2D eigenvalue weighted by molar-refractivity contribution is 0.0728. The summed E-state index contributed by atoms with van der Waals surface area (Å²) in [5.74, 6) is -0.629. The Morgan fingerprint density at radius 2 is 2.17 bits per heavy atom. The van der Waals surface area contributed by atoms with E-state index >= 15 is 0 Å². The Morgan fingerprint density at radius 1 is 1.43 bits per heavy atom. The lowest BCUT2D eigenvalue weighted by Gasteiger charge is -2.33. The number of benzene rings is 1. The Morgan fingerprint density at radius 3 is 2.83 bits per heavy atom. The van der Waals surface area contributed by atoms with Crippen LogP contribution in [-0.2, 0) is 11.9 Å². The predicted octanol–water partition coefficient (Wildman–Crippen LogP) is 2.10. The zero-order chi connectivity index (χ0) is 16.8. The van der Waals surface area contributed by atoms with Crippen molar-refractivity contribution >= 4 is 37.5 Å². The van der Waals surface area contributed by atoms with Gasteiger partial charge in [-0.05, 0) is 24.3 Å². The highest BCUT2D eigenvalue weighted by Gasteiger charge is 2.43. The van der Waals surface area contributed by atoms with Crippen molar-refractivity contribution in [3.8, 4) is 5.75 Å². The summed E-state index contributed by atoms with van der Waals surface area (Å²) in [5.41, 5.74) is 0.771. The molecule has 0 saturated heterocycles. The second-order valence-electron chi connectivity index (χ2n) is 5.18. The average Bonchev–Trinajstić information content (AvgIpc) is 2.70. The molecule has 1 amide bonds. The Labute approximate surface area is 144 Å². The molecule has 1 aliphatic heterocycles. The Hall–Kier alpha value is -1.82. The zero-order valence-electron chi connectivity index (χ0n) is 12.2. The number of aromatic nitrogens is 1. The van der Waals surface area contributed by atoms with E-state index in [2.05, 4.69) is 20.9 Å². The maximum Gasteiger partial charge on any atom is 0.255 e. The fourth-order valence-corrected chi connectivity index (χ4v) is 3.02. The van der Waals surface area contributed by atoms with Gasteiger partial charge in [-0.15, -0.1) is 0 Å². The molecule has 1 aliphatic rings. The van der Waals surface area contributed by atoms with Crippen LogP contribution in [0.2, 0.25) is 0 Å². The quantitative estimate of drug-likeness (QED) is 0.777. The van der Waals surface area contributed by atoms with Gasteiger partial charge in [-0.25, -0.2) is 4.39 Å². The Kier molecular flexibility index (Phi) is 3.96. The fourth-order valence-electron chi connectivity index (χ4n) is 2.61. The largest absolute Gasteiger partial charge is 0.496 e. The van der Waals surface area contributed by atoms with E-state index in [4.69, 9.17) is 20.4 Å². The van der Waals surface area contributed by atoms with Gasteiger partial charge in [0, 0.05) is 21.6 Å². The summed E-state index contributed by atoms with van der Waals surface area (Å²) in [7, 11) is 13.6.